The molecule has 0 fully saturated rings. The molecule has 7 heteroatoms. The van der Waals surface area contributed by atoms with Crippen LogP contribution in [0.3, 0.4) is 0 Å². The van der Waals surface area contributed by atoms with E-state index >= 15 is 0 Å². The topological polar surface area (TPSA) is 66.4 Å². The number of carbonyl (C=O) groups excluding carboxylic acids is 1. The monoisotopic (exact) mass is 379 g/mol. The van der Waals surface area contributed by atoms with E-state index in [4.69, 9.17) is 18.7 Å². The summed E-state index contributed by atoms with van der Waals surface area (Å²) in [6.07, 6.45) is -1.47. The molecule has 2 rings (SSSR count). The van der Waals surface area contributed by atoms with E-state index in [-0.39, 0.29) is 11.6 Å². The number of benzene rings is 1. The fraction of sp³-hybridized carbons (Fsp3) is 0.579. The highest BCUT2D eigenvalue weighted by molar-refractivity contribution is 6.74. The zero-order chi connectivity index (χ0) is 19.4. The molecule has 0 saturated heterocycles. The van der Waals surface area contributed by atoms with Crippen molar-refractivity contribution < 1.29 is 23.5 Å². The van der Waals surface area contributed by atoms with Gasteiger partial charge in [-0.2, -0.15) is 0 Å². The molecule has 1 aromatic carbocycles. The highest BCUT2D eigenvalue weighted by Crippen LogP contribution is 2.38. The van der Waals surface area contributed by atoms with Crippen LogP contribution >= 0.6 is 0 Å². The first kappa shape index (κ1) is 20.6. The maximum absolute atomic E-state index is 12.1. The van der Waals surface area contributed by atoms with Crippen LogP contribution in [0.5, 0.6) is 0 Å². The number of rotatable bonds is 7. The van der Waals surface area contributed by atoms with Gasteiger partial charge >= 0.3 is 5.97 Å². The second-order valence-corrected chi connectivity index (χ2v) is 12.7. The first-order valence-corrected chi connectivity index (χ1v) is 11.7. The average Bonchev–Trinajstić information content (AvgIpc) is 2.96. The summed E-state index contributed by atoms with van der Waals surface area (Å²) in [5.74, 6) is -0.490. The van der Waals surface area contributed by atoms with Gasteiger partial charge in [-0.3, -0.25) is 0 Å². The van der Waals surface area contributed by atoms with Crippen molar-refractivity contribution in [1.82, 2.24) is 0 Å². The van der Waals surface area contributed by atoms with Crippen molar-refractivity contribution in [2.45, 2.75) is 57.7 Å². The highest BCUT2D eigenvalue weighted by atomic mass is 28.4. The number of hydrogen-bond acceptors (Lipinski definition) is 6. The molecule has 0 radical (unpaired) electrons. The lowest BCUT2D eigenvalue weighted by molar-refractivity contribution is -0.156. The summed E-state index contributed by atoms with van der Waals surface area (Å²) < 4.78 is 17.0. The number of hydrogen-bond donors (Lipinski definition) is 0. The Kier molecular flexibility index (Phi) is 6.60. The smallest absolute Gasteiger partial charge is 0.353 e. The van der Waals surface area contributed by atoms with Gasteiger partial charge in [0.2, 0.25) is 0 Å². The Morgan fingerprint density at radius 2 is 1.85 bits per heavy atom. The minimum absolute atomic E-state index is 0.00767. The molecule has 0 aliphatic carbocycles. The molecule has 0 aromatic heterocycles. The van der Waals surface area contributed by atoms with Gasteiger partial charge in [0.1, 0.15) is 11.8 Å². The molecule has 0 N–H and O–H groups in total. The fourth-order valence-electron chi connectivity index (χ4n) is 2.27. The second-order valence-electron chi connectivity index (χ2n) is 7.91. The second kappa shape index (κ2) is 8.33. The van der Waals surface area contributed by atoms with E-state index in [2.05, 4.69) is 39.0 Å². The van der Waals surface area contributed by atoms with E-state index in [1.54, 1.807) is 0 Å². The maximum Gasteiger partial charge on any atom is 0.353 e. The fourth-order valence-corrected chi connectivity index (χ4v) is 3.52. The van der Waals surface area contributed by atoms with Crippen LogP contribution in [0.4, 0.5) is 0 Å². The summed E-state index contributed by atoms with van der Waals surface area (Å²) in [6.45, 7) is 11.4. The van der Waals surface area contributed by atoms with Crippen LogP contribution in [-0.2, 0) is 30.1 Å². The number of nitrogens with zero attached hydrogens (tertiary/aromatic N) is 1. The normalized spacial score (nSPS) is 20.5. The van der Waals surface area contributed by atoms with Crippen molar-refractivity contribution in [3.8, 4) is 0 Å². The van der Waals surface area contributed by atoms with Gasteiger partial charge in [0.25, 0.3) is 6.10 Å². The molecule has 0 amide bonds. The van der Waals surface area contributed by atoms with Crippen LogP contribution < -0.4 is 0 Å². The molecule has 1 aromatic rings. The first-order valence-electron chi connectivity index (χ1n) is 8.75. The largest absolute Gasteiger partial charge is 0.466 e. The van der Waals surface area contributed by atoms with E-state index in [9.17, 15) is 4.79 Å². The van der Waals surface area contributed by atoms with Gasteiger partial charge in [-0.1, -0.05) is 56.3 Å². The molecular formula is C19H29NO5Si. The van der Waals surface area contributed by atoms with E-state index < -0.39 is 26.5 Å². The third-order valence-electron chi connectivity index (χ3n) is 4.91. The lowest BCUT2D eigenvalue weighted by Gasteiger charge is -2.38. The molecule has 6 nitrogen and oxygen atoms in total. The Balaban J connectivity index is 2.07. The number of oxime groups is 1. The molecule has 1 heterocycles. The van der Waals surface area contributed by atoms with Crippen molar-refractivity contribution in [2.24, 2.45) is 5.16 Å². The SMILES string of the molecule is COC(=O)[C@@H]1ON=C(COCc2ccccc2)[C@H]1O[Si](C)(C)C(C)(C)C. The van der Waals surface area contributed by atoms with Gasteiger partial charge in [0.15, 0.2) is 8.32 Å². The van der Waals surface area contributed by atoms with E-state index in [1.807, 2.05) is 30.3 Å². The van der Waals surface area contributed by atoms with Gasteiger partial charge in [-0.05, 0) is 23.7 Å². The standard InChI is InChI=1S/C19H29NO5Si/c1-19(2,3)26(5,6)25-16-15(20-24-17(16)18(21)22-4)13-23-12-14-10-8-7-9-11-14/h7-11,16-17H,12-13H2,1-6H3/t16-,17-/m1/s1. The van der Waals surface area contributed by atoms with Gasteiger partial charge in [-0.25, -0.2) is 4.79 Å². The Labute approximate surface area is 156 Å². The third-order valence-corrected chi connectivity index (χ3v) is 9.37. The summed E-state index contributed by atoms with van der Waals surface area (Å²) in [4.78, 5) is 17.4. The van der Waals surface area contributed by atoms with E-state index in [0.29, 0.717) is 12.3 Å². The molecule has 144 valence electrons. The zero-order valence-corrected chi connectivity index (χ0v) is 17.4. The van der Waals surface area contributed by atoms with Gasteiger partial charge in [-0.15, -0.1) is 0 Å². The van der Waals surface area contributed by atoms with Crippen molar-refractivity contribution in [3.63, 3.8) is 0 Å². The highest BCUT2D eigenvalue weighted by Gasteiger charge is 2.48. The summed E-state index contributed by atoms with van der Waals surface area (Å²) in [6, 6.07) is 9.88. The minimum Gasteiger partial charge on any atom is -0.466 e. The molecule has 0 bridgehead atoms. The average molecular weight is 380 g/mol. The Hall–Kier alpha value is -1.70. The lowest BCUT2D eigenvalue weighted by Crippen LogP contribution is -2.51. The molecule has 1 aliphatic heterocycles. The van der Waals surface area contributed by atoms with Crippen LogP contribution in [0.25, 0.3) is 0 Å². The van der Waals surface area contributed by atoms with Crippen LogP contribution in [0.2, 0.25) is 18.1 Å². The summed E-state index contributed by atoms with van der Waals surface area (Å²) in [7, 11) is -0.807. The van der Waals surface area contributed by atoms with Crippen LogP contribution in [0.15, 0.2) is 35.5 Å². The Bertz CT molecular complexity index is 639. The van der Waals surface area contributed by atoms with Gasteiger partial charge < -0.3 is 18.7 Å². The quantitative estimate of drug-likeness (QED) is 0.536. The van der Waals surface area contributed by atoms with Crippen LogP contribution in [-0.4, -0.2) is 45.9 Å². The van der Waals surface area contributed by atoms with Crippen molar-refractivity contribution in [2.75, 3.05) is 13.7 Å². The van der Waals surface area contributed by atoms with E-state index in [1.165, 1.54) is 7.11 Å². The zero-order valence-electron chi connectivity index (χ0n) is 16.4. The van der Waals surface area contributed by atoms with Crippen LogP contribution in [0, 0.1) is 0 Å². The molecule has 0 unspecified atom stereocenters. The third kappa shape index (κ3) is 4.93. The number of ether oxygens (including phenoxy) is 2. The van der Waals surface area contributed by atoms with Gasteiger partial charge in [0.05, 0.1) is 20.3 Å². The van der Waals surface area contributed by atoms with Crippen molar-refractivity contribution in [1.29, 1.82) is 0 Å². The number of esters is 1. The Morgan fingerprint density at radius 3 is 2.42 bits per heavy atom. The van der Waals surface area contributed by atoms with E-state index in [0.717, 1.165) is 5.56 Å². The summed E-state index contributed by atoms with van der Waals surface area (Å²) in [5, 5.41) is 4.05. The lowest BCUT2D eigenvalue weighted by atomic mass is 10.1. The van der Waals surface area contributed by atoms with Gasteiger partial charge in [0, 0.05) is 0 Å². The number of methoxy groups -OCH3 is 1. The predicted octanol–water partition coefficient (Wildman–Crippen LogP) is 3.52. The number of carbonyl (C=O) groups is 1. The minimum atomic E-state index is -2.14. The van der Waals surface area contributed by atoms with Crippen molar-refractivity contribution >= 4 is 20.0 Å². The summed E-state index contributed by atoms with van der Waals surface area (Å²) >= 11 is 0. The van der Waals surface area contributed by atoms with Crippen LogP contribution in [0.1, 0.15) is 26.3 Å². The first-order chi connectivity index (χ1) is 12.2. The summed E-state index contributed by atoms with van der Waals surface area (Å²) in [5.41, 5.74) is 1.65. The Morgan fingerprint density at radius 1 is 1.19 bits per heavy atom. The molecule has 1 aliphatic rings. The molecular weight excluding hydrogens is 350 g/mol. The molecule has 0 saturated carbocycles. The maximum atomic E-state index is 12.1. The van der Waals surface area contributed by atoms with Crippen molar-refractivity contribution in [3.05, 3.63) is 35.9 Å². The molecule has 0 spiro atoms. The molecule has 2 atom stereocenters. The predicted molar refractivity (Wildman–Crippen MR) is 102 cm³/mol. The molecule has 26 heavy (non-hydrogen) atoms.